The molecule has 0 radical (unpaired) electrons. The summed E-state index contributed by atoms with van der Waals surface area (Å²) in [5.41, 5.74) is 0. The van der Waals surface area contributed by atoms with Crippen LogP contribution in [0, 0.1) is 5.92 Å². The highest BCUT2D eigenvalue weighted by molar-refractivity contribution is 5.70. The Kier molecular flexibility index (Phi) is 3.53. The molecule has 0 aromatic rings. The molecule has 0 aromatic carbocycles. The molecule has 0 saturated heterocycles. The molecule has 0 spiro atoms. The number of hydrogen-bond acceptors (Lipinski definition) is 2. The van der Waals surface area contributed by atoms with Gasteiger partial charge in [0.2, 0.25) is 0 Å². The molecule has 0 fully saturated rings. The Hall–Kier alpha value is -0.570. The van der Waals surface area contributed by atoms with Crippen molar-refractivity contribution < 1.29 is 14.8 Å². The largest absolute Gasteiger partial charge is 0.441 e. The van der Waals surface area contributed by atoms with Crippen molar-refractivity contribution in [1.29, 1.82) is 0 Å². The van der Waals surface area contributed by atoms with Crippen LogP contribution < -0.4 is 4.99 Å². The highest BCUT2D eigenvalue weighted by Crippen LogP contribution is 2.02. The minimum Gasteiger partial charge on any atom is -0.441 e. The van der Waals surface area contributed by atoms with E-state index in [1.807, 2.05) is 0 Å². The highest BCUT2D eigenvalue weighted by atomic mass is 16.5. The first kappa shape index (κ1) is 9.52. The fraction of sp³-hybridized carbons (Fsp3) is 0.889. The van der Waals surface area contributed by atoms with Gasteiger partial charge in [0.1, 0.15) is 0 Å². The summed E-state index contributed by atoms with van der Waals surface area (Å²) in [5, 5.41) is 8.61. The lowest BCUT2D eigenvalue weighted by molar-refractivity contribution is -0.500. The lowest BCUT2D eigenvalue weighted by atomic mass is 10.1. The summed E-state index contributed by atoms with van der Waals surface area (Å²) in [6, 6.07) is 0.457. The molecule has 0 saturated carbocycles. The predicted molar refractivity (Wildman–Crippen MR) is 46.9 cm³/mol. The van der Waals surface area contributed by atoms with Crippen LogP contribution in [0.1, 0.15) is 26.7 Å². The summed E-state index contributed by atoms with van der Waals surface area (Å²) >= 11 is 0. The van der Waals surface area contributed by atoms with Crippen molar-refractivity contribution in [3.05, 3.63) is 0 Å². The third-order valence-electron chi connectivity index (χ3n) is 2.15. The molecule has 3 heteroatoms. The molecule has 3 nitrogen and oxygen atoms in total. The van der Waals surface area contributed by atoms with E-state index >= 15 is 0 Å². The lowest BCUT2D eigenvalue weighted by Crippen LogP contribution is -2.78. The van der Waals surface area contributed by atoms with Gasteiger partial charge in [-0.25, -0.2) is 4.99 Å². The Morgan fingerprint density at radius 1 is 1.67 bits per heavy atom. The van der Waals surface area contributed by atoms with Gasteiger partial charge >= 0.3 is 5.90 Å². The van der Waals surface area contributed by atoms with E-state index in [4.69, 9.17) is 9.84 Å². The molecule has 0 aliphatic carbocycles. The van der Waals surface area contributed by atoms with Gasteiger partial charge < -0.3 is 9.84 Å². The van der Waals surface area contributed by atoms with Crippen LogP contribution in [0.2, 0.25) is 0 Å². The summed E-state index contributed by atoms with van der Waals surface area (Å²) < 4.78 is 5.42. The smallest absolute Gasteiger partial charge is 0.335 e. The van der Waals surface area contributed by atoms with E-state index in [9.17, 15) is 0 Å². The molecule has 12 heavy (non-hydrogen) atoms. The van der Waals surface area contributed by atoms with E-state index in [2.05, 4.69) is 18.8 Å². The number of aliphatic hydroxyl groups is 1. The quantitative estimate of drug-likeness (QED) is 0.588. The molecule has 1 aliphatic heterocycles. The fourth-order valence-electron chi connectivity index (χ4n) is 1.22. The second-order valence-electron chi connectivity index (χ2n) is 3.56. The molecule has 70 valence electrons. The van der Waals surface area contributed by atoms with Crippen LogP contribution in [0.5, 0.6) is 0 Å². The minimum absolute atomic E-state index is 0.237. The zero-order valence-electron chi connectivity index (χ0n) is 7.84. The standard InChI is InChI=1S/C9H17NO2/c1-7(2)8-6-12-9(10-8)4-3-5-11/h7-8,11H,3-6H2,1-2H3/p+1/t8-/m1/s1. The number of rotatable bonds is 4. The first-order valence-corrected chi connectivity index (χ1v) is 4.60. The summed E-state index contributed by atoms with van der Waals surface area (Å²) in [6.45, 7) is 5.37. The molecule has 2 N–H and O–H groups in total. The Balaban J connectivity index is 2.32. The zero-order valence-corrected chi connectivity index (χ0v) is 7.84. The average Bonchev–Trinajstić information content (AvgIpc) is 2.48. The van der Waals surface area contributed by atoms with Crippen LogP contribution in [0.3, 0.4) is 0 Å². The maximum Gasteiger partial charge on any atom is 0.335 e. The van der Waals surface area contributed by atoms with Gasteiger partial charge in [0.25, 0.3) is 0 Å². The summed E-state index contributed by atoms with van der Waals surface area (Å²) in [5.74, 6) is 1.55. The number of ether oxygens (including phenoxy) is 1. The third-order valence-corrected chi connectivity index (χ3v) is 2.15. The van der Waals surface area contributed by atoms with Gasteiger partial charge in [-0.1, -0.05) is 13.8 Å². The first-order chi connectivity index (χ1) is 5.74. The molecule has 1 atom stereocenters. The Morgan fingerprint density at radius 3 is 2.92 bits per heavy atom. The van der Waals surface area contributed by atoms with E-state index in [1.165, 1.54) is 0 Å². The van der Waals surface area contributed by atoms with E-state index in [0.29, 0.717) is 12.0 Å². The molecular formula is C9H18NO2+. The maximum atomic E-state index is 8.61. The van der Waals surface area contributed by atoms with Crippen LogP contribution in [0.4, 0.5) is 0 Å². The van der Waals surface area contributed by atoms with Gasteiger partial charge in [-0.2, -0.15) is 0 Å². The molecule has 0 unspecified atom stereocenters. The Labute approximate surface area is 73.5 Å². The second kappa shape index (κ2) is 4.45. The van der Waals surface area contributed by atoms with Gasteiger partial charge in [0.05, 0.1) is 6.42 Å². The zero-order chi connectivity index (χ0) is 8.97. The van der Waals surface area contributed by atoms with Crippen molar-refractivity contribution in [2.24, 2.45) is 5.92 Å². The molecule has 0 amide bonds. The molecule has 1 aliphatic rings. The van der Waals surface area contributed by atoms with Gasteiger partial charge in [-0.05, 0) is 6.42 Å². The molecule has 1 heterocycles. The topological polar surface area (TPSA) is 43.4 Å². The van der Waals surface area contributed by atoms with Gasteiger partial charge in [0.15, 0.2) is 12.6 Å². The first-order valence-electron chi connectivity index (χ1n) is 4.60. The summed E-state index contributed by atoms with van der Waals surface area (Å²) in [6.07, 6.45) is 1.62. The van der Waals surface area contributed by atoms with E-state index in [-0.39, 0.29) is 6.61 Å². The van der Waals surface area contributed by atoms with Crippen LogP contribution in [0.25, 0.3) is 0 Å². The van der Waals surface area contributed by atoms with Gasteiger partial charge in [0, 0.05) is 12.5 Å². The number of nitrogens with one attached hydrogen (secondary N) is 1. The predicted octanol–water partition coefficient (Wildman–Crippen LogP) is -0.707. The van der Waals surface area contributed by atoms with Crippen LogP contribution in [-0.2, 0) is 4.74 Å². The van der Waals surface area contributed by atoms with Crippen LogP contribution in [-0.4, -0.2) is 30.3 Å². The SMILES string of the molecule is CC(C)[C@H]1COC(CCCO)=[NH+]1. The molecular weight excluding hydrogens is 154 g/mol. The second-order valence-corrected chi connectivity index (χ2v) is 3.56. The van der Waals surface area contributed by atoms with Crippen molar-refractivity contribution in [2.45, 2.75) is 32.7 Å². The van der Waals surface area contributed by atoms with E-state index in [1.54, 1.807) is 0 Å². The van der Waals surface area contributed by atoms with E-state index in [0.717, 1.165) is 25.3 Å². The van der Waals surface area contributed by atoms with Crippen molar-refractivity contribution in [3.8, 4) is 0 Å². The van der Waals surface area contributed by atoms with E-state index < -0.39 is 0 Å². The van der Waals surface area contributed by atoms with Crippen molar-refractivity contribution >= 4 is 5.90 Å². The number of aliphatic hydroxyl groups excluding tert-OH is 1. The van der Waals surface area contributed by atoms with Crippen molar-refractivity contribution in [1.82, 2.24) is 0 Å². The summed E-state index contributed by atoms with van der Waals surface area (Å²) in [4.78, 5) is 3.31. The Bertz CT molecular complexity index is 166. The van der Waals surface area contributed by atoms with Crippen LogP contribution in [0.15, 0.2) is 0 Å². The van der Waals surface area contributed by atoms with Gasteiger partial charge in [-0.3, -0.25) is 0 Å². The molecule has 0 aromatic heterocycles. The van der Waals surface area contributed by atoms with Crippen LogP contribution >= 0.6 is 0 Å². The third kappa shape index (κ3) is 2.48. The lowest BCUT2D eigenvalue weighted by Gasteiger charge is -2.01. The fourth-order valence-corrected chi connectivity index (χ4v) is 1.22. The van der Waals surface area contributed by atoms with Gasteiger partial charge in [-0.15, -0.1) is 0 Å². The van der Waals surface area contributed by atoms with Crippen molar-refractivity contribution in [2.75, 3.05) is 13.2 Å². The normalized spacial score (nSPS) is 22.7. The monoisotopic (exact) mass is 172 g/mol. The molecule has 1 rings (SSSR count). The highest BCUT2D eigenvalue weighted by Gasteiger charge is 2.27. The maximum absolute atomic E-state index is 8.61. The Morgan fingerprint density at radius 2 is 2.42 bits per heavy atom. The summed E-state index contributed by atoms with van der Waals surface area (Å²) in [7, 11) is 0. The minimum atomic E-state index is 0.237. The number of hydrogen-bond donors (Lipinski definition) is 2. The average molecular weight is 172 g/mol. The van der Waals surface area contributed by atoms with Crippen molar-refractivity contribution in [3.63, 3.8) is 0 Å². The molecule has 0 bridgehead atoms.